The summed E-state index contributed by atoms with van der Waals surface area (Å²) in [7, 11) is 0. The molecule has 2 fully saturated rings. The van der Waals surface area contributed by atoms with Crippen molar-refractivity contribution in [1.29, 1.82) is 0 Å². The van der Waals surface area contributed by atoms with Crippen LogP contribution in [-0.4, -0.2) is 23.0 Å². The van der Waals surface area contributed by atoms with Crippen molar-refractivity contribution in [3.8, 4) is 0 Å². The van der Waals surface area contributed by atoms with Crippen LogP contribution in [0.1, 0.15) is 54.6 Å². The zero-order chi connectivity index (χ0) is 13.3. The monoisotopic (exact) mass is 259 g/mol. The van der Waals surface area contributed by atoms with Crippen LogP contribution >= 0.6 is 0 Å². The third kappa shape index (κ3) is 2.57. The predicted molar refractivity (Wildman–Crippen MR) is 73.2 cm³/mol. The van der Waals surface area contributed by atoms with Gasteiger partial charge in [-0.1, -0.05) is 12.8 Å². The molecule has 1 aromatic heterocycles. The molecule has 102 valence electrons. The molecule has 1 saturated carbocycles. The lowest BCUT2D eigenvalue weighted by molar-refractivity contribution is -0.0866. The second-order valence-electron chi connectivity index (χ2n) is 6.01. The number of ketones is 1. The maximum absolute atomic E-state index is 12.6. The van der Waals surface area contributed by atoms with Gasteiger partial charge in [-0.15, -0.1) is 0 Å². The van der Waals surface area contributed by atoms with Crippen molar-refractivity contribution >= 4 is 5.78 Å². The Morgan fingerprint density at radius 2 is 2.21 bits per heavy atom. The average Bonchev–Trinajstić information content (AvgIpc) is 2.86. The number of hydrogen-bond donors (Lipinski definition) is 0. The van der Waals surface area contributed by atoms with Crippen LogP contribution in [0, 0.1) is 12.8 Å². The number of carbonyl (C=O) groups is 1. The van der Waals surface area contributed by atoms with E-state index in [-0.39, 0.29) is 17.3 Å². The van der Waals surface area contributed by atoms with E-state index in [2.05, 4.69) is 4.98 Å². The van der Waals surface area contributed by atoms with Crippen LogP contribution in [0.15, 0.2) is 18.3 Å². The summed E-state index contributed by atoms with van der Waals surface area (Å²) >= 11 is 0. The van der Waals surface area contributed by atoms with Gasteiger partial charge in [0, 0.05) is 18.7 Å². The third-order valence-corrected chi connectivity index (χ3v) is 4.55. The zero-order valence-electron chi connectivity index (χ0n) is 11.5. The Morgan fingerprint density at radius 1 is 1.42 bits per heavy atom. The molecule has 0 aromatic carbocycles. The second-order valence-corrected chi connectivity index (χ2v) is 6.01. The zero-order valence-corrected chi connectivity index (χ0v) is 11.5. The standard InChI is InChI=1S/C16H21NO2/c1-12-4-8-17-14(10-12)15(18)13-5-9-19-16(11-13)6-2-3-7-16/h4,8,10,13H,2-3,5-7,9,11H2,1H3. The largest absolute Gasteiger partial charge is 0.375 e. The molecule has 3 heteroatoms. The third-order valence-electron chi connectivity index (χ3n) is 4.55. The molecule has 1 atom stereocenters. The van der Waals surface area contributed by atoms with E-state index in [4.69, 9.17) is 4.74 Å². The van der Waals surface area contributed by atoms with E-state index in [1.54, 1.807) is 6.20 Å². The number of ether oxygens (including phenoxy) is 1. The first-order valence-electron chi connectivity index (χ1n) is 7.29. The van der Waals surface area contributed by atoms with Crippen LogP contribution < -0.4 is 0 Å². The Morgan fingerprint density at radius 3 is 2.95 bits per heavy atom. The van der Waals surface area contributed by atoms with Gasteiger partial charge in [-0.25, -0.2) is 0 Å². The molecule has 0 amide bonds. The lowest BCUT2D eigenvalue weighted by Crippen LogP contribution is -2.39. The van der Waals surface area contributed by atoms with Gasteiger partial charge >= 0.3 is 0 Å². The molecule has 2 aliphatic rings. The van der Waals surface area contributed by atoms with Crippen LogP contribution in [0.4, 0.5) is 0 Å². The fraction of sp³-hybridized carbons (Fsp3) is 0.625. The summed E-state index contributed by atoms with van der Waals surface area (Å²) in [6.07, 6.45) is 8.19. The highest BCUT2D eigenvalue weighted by Crippen LogP contribution is 2.42. The first-order chi connectivity index (χ1) is 9.19. The number of hydrogen-bond acceptors (Lipinski definition) is 3. The van der Waals surface area contributed by atoms with E-state index in [0.717, 1.165) is 37.9 Å². The van der Waals surface area contributed by atoms with Crippen molar-refractivity contribution < 1.29 is 9.53 Å². The van der Waals surface area contributed by atoms with Gasteiger partial charge in [-0.2, -0.15) is 0 Å². The number of aryl methyl sites for hydroxylation is 1. The summed E-state index contributed by atoms with van der Waals surface area (Å²) in [6.45, 7) is 2.73. The van der Waals surface area contributed by atoms with E-state index in [1.165, 1.54) is 12.8 Å². The quantitative estimate of drug-likeness (QED) is 0.765. The van der Waals surface area contributed by atoms with Crippen LogP contribution in [0.25, 0.3) is 0 Å². The minimum absolute atomic E-state index is 0.00238. The van der Waals surface area contributed by atoms with Crippen LogP contribution in [0.2, 0.25) is 0 Å². The van der Waals surface area contributed by atoms with Crippen molar-refractivity contribution in [1.82, 2.24) is 4.98 Å². The van der Waals surface area contributed by atoms with Gasteiger partial charge in [0.2, 0.25) is 0 Å². The Kier molecular flexibility index (Phi) is 3.40. The van der Waals surface area contributed by atoms with Gasteiger partial charge in [0.25, 0.3) is 0 Å². The molecular formula is C16H21NO2. The fourth-order valence-electron chi connectivity index (χ4n) is 3.50. The number of rotatable bonds is 2. The van der Waals surface area contributed by atoms with Gasteiger partial charge in [-0.3, -0.25) is 9.78 Å². The normalized spacial score (nSPS) is 25.6. The Bertz CT molecular complexity index is 477. The summed E-state index contributed by atoms with van der Waals surface area (Å²) in [5.74, 6) is 0.305. The summed E-state index contributed by atoms with van der Waals surface area (Å²) in [4.78, 5) is 16.8. The summed E-state index contributed by atoms with van der Waals surface area (Å²) in [5, 5.41) is 0. The van der Waals surface area contributed by atoms with E-state index in [0.29, 0.717) is 5.69 Å². The van der Waals surface area contributed by atoms with Gasteiger partial charge in [-0.05, 0) is 50.3 Å². The number of carbonyl (C=O) groups excluding carboxylic acids is 1. The number of aromatic nitrogens is 1. The fourth-order valence-corrected chi connectivity index (χ4v) is 3.50. The molecule has 2 heterocycles. The van der Waals surface area contributed by atoms with Crippen LogP contribution in [0.5, 0.6) is 0 Å². The minimum Gasteiger partial charge on any atom is -0.375 e. The Hall–Kier alpha value is -1.22. The van der Waals surface area contributed by atoms with Crippen molar-refractivity contribution in [2.75, 3.05) is 6.61 Å². The lowest BCUT2D eigenvalue weighted by atomic mass is 9.81. The Labute approximate surface area is 114 Å². The SMILES string of the molecule is Cc1ccnc(C(=O)C2CCOC3(CCCC3)C2)c1. The maximum atomic E-state index is 12.6. The molecule has 1 aliphatic heterocycles. The summed E-state index contributed by atoms with van der Waals surface area (Å²) < 4.78 is 5.99. The highest BCUT2D eigenvalue weighted by Gasteiger charge is 2.42. The molecule has 1 spiro atoms. The van der Waals surface area contributed by atoms with E-state index >= 15 is 0 Å². The topological polar surface area (TPSA) is 39.2 Å². The molecule has 3 nitrogen and oxygen atoms in total. The van der Waals surface area contributed by atoms with Crippen molar-refractivity contribution in [3.63, 3.8) is 0 Å². The molecule has 1 unspecified atom stereocenters. The predicted octanol–water partition coefficient (Wildman–Crippen LogP) is 3.31. The number of nitrogens with zero attached hydrogens (tertiary/aromatic N) is 1. The molecular weight excluding hydrogens is 238 g/mol. The van der Waals surface area contributed by atoms with E-state index in [1.807, 2.05) is 19.1 Å². The molecule has 1 aliphatic carbocycles. The van der Waals surface area contributed by atoms with Crippen LogP contribution in [0.3, 0.4) is 0 Å². The average molecular weight is 259 g/mol. The highest BCUT2D eigenvalue weighted by atomic mass is 16.5. The molecule has 0 N–H and O–H groups in total. The van der Waals surface area contributed by atoms with Gasteiger partial charge in [0.15, 0.2) is 5.78 Å². The molecule has 19 heavy (non-hydrogen) atoms. The minimum atomic E-state index is 0.00238. The first-order valence-corrected chi connectivity index (χ1v) is 7.29. The summed E-state index contributed by atoms with van der Waals surface area (Å²) in [6, 6.07) is 3.83. The van der Waals surface area contributed by atoms with Gasteiger partial charge in [0.05, 0.1) is 5.60 Å². The smallest absolute Gasteiger partial charge is 0.184 e. The molecule has 1 aromatic rings. The summed E-state index contributed by atoms with van der Waals surface area (Å²) in [5.41, 5.74) is 1.73. The van der Waals surface area contributed by atoms with Crippen molar-refractivity contribution in [2.24, 2.45) is 5.92 Å². The number of pyridine rings is 1. The molecule has 0 radical (unpaired) electrons. The van der Waals surface area contributed by atoms with E-state index < -0.39 is 0 Å². The molecule has 1 saturated heterocycles. The van der Waals surface area contributed by atoms with Crippen LogP contribution in [-0.2, 0) is 4.74 Å². The van der Waals surface area contributed by atoms with E-state index in [9.17, 15) is 4.79 Å². The maximum Gasteiger partial charge on any atom is 0.184 e. The highest BCUT2D eigenvalue weighted by molar-refractivity contribution is 5.96. The Balaban J connectivity index is 1.76. The van der Waals surface area contributed by atoms with Crippen molar-refractivity contribution in [3.05, 3.63) is 29.6 Å². The van der Waals surface area contributed by atoms with Gasteiger partial charge < -0.3 is 4.74 Å². The molecule has 0 bridgehead atoms. The first kappa shape index (κ1) is 12.8. The van der Waals surface area contributed by atoms with Gasteiger partial charge in [0.1, 0.15) is 5.69 Å². The lowest BCUT2D eigenvalue weighted by Gasteiger charge is -2.37. The van der Waals surface area contributed by atoms with Crippen molar-refractivity contribution in [2.45, 2.75) is 51.0 Å². The second kappa shape index (κ2) is 5.04. The molecule has 3 rings (SSSR count). The number of Topliss-reactive ketones (excluding diaryl/α,β-unsaturated/α-hetero) is 1.